The Kier molecular flexibility index (Phi) is 4.94. The van der Waals surface area contributed by atoms with Crippen LogP contribution in [0, 0.1) is 0 Å². The van der Waals surface area contributed by atoms with Gasteiger partial charge in [-0.1, -0.05) is 6.92 Å². The van der Waals surface area contributed by atoms with Crippen molar-refractivity contribution >= 4 is 22.8 Å². The molecule has 0 aromatic carbocycles. The van der Waals surface area contributed by atoms with Crippen LogP contribution >= 0.6 is 0 Å². The molecule has 1 aliphatic rings. The van der Waals surface area contributed by atoms with Crippen LogP contribution in [0.3, 0.4) is 0 Å². The quantitative estimate of drug-likeness (QED) is 0.854. The molecule has 3 rings (SSSR count). The first kappa shape index (κ1) is 16.6. The fourth-order valence-corrected chi connectivity index (χ4v) is 2.95. The minimum absolute atomic E-state index is 0.106. The normalized spacial score (nSPS) is 17.2. The summed E-state index contributed by atoms with van der Waals surface area (Å²) in [5, 5.41) is 8.26. The second-order valence-electron chi connectivity index (χ2n) is 6.34. The molecule has 1 aliphatic heterocycles. The Morgan fingerprint density at radius 3 is 2.75 bits per heavy atom. The zero-order valence-electron chi connectivity index (χ0n) is 14.6. The third kappa shape index (κ3) is 3.48. The van der Waals surface area contributed by atoms with E-state index in [1.807, 2.05) is 20.2 Å². The van der Waals surface area contributed by atoms with Gasteiger partial charge < -0.3 is 10.2 Å². The van der Waals surface area contributed by atoms with Gasteiger partial charge in [0, 0.05) is 39.3 Å². The molecule has 1 atom stereocenters. The van der Waals surface area contributed by atoms with Crippen molar-refractivity contribution in [3.05, 3.63) is 12.5 Å². The molecule has 1 saturated heterocycles. The molecule has 1 fully saturated rings. The highest BCUT2D eigenvalue weighted by Gasteiger charge is 2.22. The van der Waals surface area contributed by atoms with Crippen molar-refractivity contribution in [3.8, 4) is 0 Å². The summed E-state index contributed by atoms with van der Waals surface area (Å²) in [4.78, 5) is 25.2. The number of aromatic nitrogens is 4. The van der Waals surface area contributed by atoms with Crippen molar-refractivity contribution in [2.45, 2.75) is 26.3 Å². The Morgan fingerprint density at radius 2 is 2.04 bits per heavy atom. The van der Waals surface area contributed by atoms with Crippen LogP contribution in [-0.4, -0.2) is 69.3 Å². The molecule has 0 aliphatic carbocycles. The predicted octanol–water partition coefficient (Wildman–Crippen LogP) is 0.400. The van der Waals surface area contributed by atoms with E-state index in [0.29, 0.717) is 6.54 Å². The Balaban J connectivity index is 1.59. The Morgan fingerprint density at radius 1 is 1.29 bits per heavy atom. The van der Waals surface area contributed by atoms with Crippen LogP contribution in [0.4, 0.5) is 5.82 Å². The average Bonchev–Trinajstić information content (AvgIpc) is 2.97. The summed E-state index contributed by atoms with van der Waals surface area (Å²) in [5.74, 6) is 1.03. The summed E-state index contributed by atoms with van der Waals surface area (Å²) in [6, 6.07) is 0.235. The smallest absolute Gasteiger partial charge is 0.234 e. The molecule has 0 unspecified atom stereocenters. The van der Waals surface area contributed by atoms with E-state index in [1.54, 1.807) is 11.0 Å². The lowest BCUT2D eigenvalue weighted by Gasteiger charge is -2.35. The predicted molar refractivity (Wildman–Crippen MR) is 92.9 cm³/mol. The lowest BCUT2D eigenvalue weighted by Crippen LogP contribution is -2.50. The van der Waals surface area contributed by atoms with E-state index < -0.39 is 0 Å². The minimum Gasteiger partial charge on any atom is -0.353 e. The van der Waals surface area contributed by atoms with Gasteiger partial charge in [-0.25, -0.2) is 9.97 Å². The number of nitrogens with one attached hydrogen (secondary N) is 1. The van der Waals surface area contributed by atoms with Crippen molar-refractivity contribution in [1.82, 2.24) is 30.0 Å². The number of aryl methyl sites for hydroxylation is 1. The second-order valence-corrected chi connectivity index (χ2v) is 6.34. The number of amides is 1. The van der Waals surface area contributed by atoms with Gasteiger partial charge in [-0.3, -0.25) is 14.4 Å². The SMILES string of the molecule is CC[C@@H](C)NC(=O)CN1CCN(c2ncnc3c2cnn3C)CC1. The highest BCUT2D eigenvalue weighted by molar-refractivity contribution is 5.86. The van der Waals surface area contributed by atoms with Crippen molar-refractivity contribution in [1.29, 1.82) is 0 Å². The molecule has 2 aromatic heterocycles. The van der Waals surface area contributed by atoms with E-state index in [-0.39, 0.29) is 11.9 Å². The Bertz CT molecular complexity index is 706. The lowest BCUT2D eigenvalue weighted by atomic mass is 10.2. The third-order valence-electron chi connectivity index (χ3n) is 4.57. The molecule has 0 saturated carbocycles. The fraction of sp³-hybridized carbons (Fsp3) is 0.625. The standard InChI is InChI=1S/C16H25N7O/c1-4-12(2)20-14(24)10-22-5-7-23(8-6-22)16-13-9-19-21(3)15(13)17-11-18-16/h9,11-12H,4-8,10H2,1-3H3,(H,20,24)/t12-/m1/s1. The largest absolute Gasteiger partial charge is 0.353 e. The van der Waals surface area contributed by atoms with E-state index in [4.69, 9.17) is 0 Å². The maximum Gasteiger partial charge on any atom is 0.234 e. The highest BCUT2D eigenvalue weighted by Crippen LogP contribution is 2.23. The van der Waals surface area contributed by atoms with Crippen molar-refractivity contribution < 1.29 is 4.79 Å². The summed E-state index contributed by atoms with van der Waals surface area (Å²) in [7, 11) is 1.88. The summed E-state index contributed by atoms with van der Waals surface area (Å²) in [5.41, 5.74) is 0.843. The molecule has 0 spiro atoms. The summed E-state index contributed by atoms with van der Waals surface area (Å²) < 4.78 is 1.76. The van der Waals surface area contributed by atoms with Gasteiger partial charge in [0.05, 0.1) is 18.1 Å². The number of fused-ring (bicyclic) bond motifs is 1. The molecule has 3 heterocycles. The summed E-state index contributed by atoms with van der Waals surface area (Å²) in [6.07, 6.45) is 4.36. The second kappa shape index (κ2) is 7.12. The molecule has 1 N–H and O–H groups in total. The molecule has 0 bridgehead atoms. The van der Waals surface area contributed by atoms with Gasteiger partial charge in [-0.05, 0) is 13.3 Å². The first-order chi connectivity index (χ1) is 11.6. The molecular formula is C16H25N7O. The Labute approximate surface area is 141 Å². The zero-order chi connectivity index (χ0) is 17.1. The number of hydrogen-bond donors (Lipinski definition) is 1. The number of carbonyl (C=O) groups is 1. The van der Waals surface area contributed by atoms with Crippen LogP contribution < -0.4 is 10.2 Å². The van der Waals surface area contributed by atoms with Gasteiger partial charge in [-0.2, -0.15) is 5.10 Å². The number of piperazine rings is 1. The monoisotopic (exact) mass is 331 g/mol. The molecule has 8 heteroatoms. The lowest BCUT2D eigenvalue weighted by molar-refractivity contribution is -0.122. The number of hydrogen-bond acceptors (Lipinski definition) is 6. The van der Waals surface area contributed by atoms with Crippen LogP contribution in [0.5, 0.6) is 0 Å². The maximum atomic E-state index is 12.0. The molecule has 24 heavy (non-hydrogen) atoms. The summed E-state index contributed by atoms with van der Waals surface area (Å²) >= 11 is 0. The number of nitrogens with zero attached hydrogens (tertiary/aromatic N) is 6. The fourth-order valence-electron chi connectivity index (χ4n) is 2.95. The van der Waals surface area contributed by atoms with Gasteiger partial charge in [0.15, 0.2) is 5.65 Å². The van der Waals surface area contributed by atoms with Crippen LogP contribution in [0.25, 0.3) is 11.0 Å². The van der Waals surface area contributed by atoms with E-state index in [1.165, 1.54) is 0 Å². The highest BCUT2D eigenvalue weighted by atomic mass is 16.2. The van der Waals surface area contributed by atoms with E-state index in [0.717, 1.165) is 49.5 Å². The van der Waals surface area contributed by atoms with E-state index in [9.17, 15) is 4.79 Å². The Hall–Kier alpha value is -2.22. The van der Waals surface area contributed by atoms with E-state index in [2.05, 4.69) is 37.1 Å². The van der Waals surface area contributed by atoms with Gasteiger partial charge in [0.25, 0.3) is 0 Å². The molecular weight excluding hydrogens is 306 g/mol. The first-order valence-corrected chi connectivity index (χ1v) is 8.48. The van der Waals surface area contributed by atoms with Crippen LogP contribution in [0.1, 0.15) is 20.3 Å². The van der Waals surface area contributed by atoms with Gasteiger partial charge in [0.1, 0.15) is 12.1 Å². The van der Waals surface area contributed by atoms with Gasteiger partial charge >= 0.3 is 0 Å². The third-order valence-corrected chi connectivity index (χ3v) is 4.57. The molecule has 2 aromatic rings. The van der Waals surface area contributed by atoms with Crippen molar-refractivity contribution in [2.24, 2.45) is 7.05 Å². The van der Waals surface area contributed by atoms with Gasteiger partial charge in [-0.15, -0.1) is 0 Å². The molecule has 130 valence electrons. The van der Waals surface area contributed by atoms with Gasteiger partial charge in [0.2, 0.25) is 5.91 Å². The topological polar surface area (TPSA) is 79.2 Å². The average molecular weight is 331 g/mol. The van der Waals surface area contributed by atoms with Crippen molar-refractivity contribution in [2.75, 3.05) is 37.6 Å². The van der Waals surface area contributed by atoms with E-state index >= 15 is 0 Å². The zero-order valence-corrected chi connectivity index (χ0v) is 14.6. The number of carbonyl (C=O) groups excluding carboxylic acids is 1. The molecule has 0 radical (unpaired) electrons. The molecule has 8 nitrogen and oxygen atoms in total. The first-order valence-electron chi connectivity index (χ1n) is 8.48. The van der Waals surface area contributed by atoms with Crippen LogP contribution in [0.2, 0.25) is 0 Å². The van der Waals surface area contributed by atoms with Crippen LogP contribution in [0.15, 0.2) is 12.5 Å². The van der Waals surface area contributed by atoms with Crippen molar-refractivity contribution in [3.63, 3.8) is 0 Å². The summed E-state index contributed by atoms with van der Waals surface area (Å²) in [6.45, 7) is 7.95. The maximum absolute atomic E-state index is 12.0. The number of rotatable bonds is 5. The number of anilines is 1. The van der Waals surface area contributed by atoms with Crippen LogP contribution in [-0.2, 0) is 11.8 Å². The minimum atomic E-state index is 0.106. The molecule has 1 amide bonds.